The molecule has 2 nitrogen and oxygen atoms in total. The Hall–Kier alpha value is -0.100. The molecule has 0 amide bonds. The fourth-order valence-electron chi connectivity index (χ4n) is 2.20. The molecule has 0 rings (SSSR count). The van der Waals surface area contributed by atoms with Gasteiger partial charge in [-0.25, -0.2) is 9.13 Å². The Morgan fingerprint density at radius 1 is 0.476 bits per heavy atom. The number of hydrogen-bond donors (Lipinski definition) is 0. The first-order valence-corrected chi connectivity index (χ1v) is 10.7. The summed E-state index contributed by atoms with van der Waals surface area (Å²) >= 11 is 0. The van der Waals surface area contributed by atoms with Crippen LogP contribution >= 0.6 is 7.68 Å². The van der Waals surface area contributed by atoms with Crippen molar-refractivity contribution >= 4 is 7.68 Å². The first kappa shape index (κ1) is 23.2. The van der Waals surface area contributed by atoms with Crippen LogP contribution in [0.4, 0.5) is 0 Å². The van der Waals surface area contributed by atoms with Crippen molar-refractivity contribution in [3.63, 3.8) is 0 Å². The van der Waals surface area contributed by atoms with Gasteiger partial charge < -0.3 is 0 Å². The fourth-order valence-corrected chi connectivity index (χ4v) is 2.78. The second kappa shape index (κ2) is 22.2. The van der Waals surface area contributed by atoms with Crippen LogP contribution in [0.25, 0.3) is 0 Å². The summed E-state index contributed by atoms with van der Waals surface area (Å²) in [5.74, 6) is 0. The lowest BCUT2D eigenvalue weighted by atomic mass is 10.1. The second-order valence-electron chi connectivity index (χ2n) is 5.95. The average Bonchev–Trinajstić information content (AvgIpc) is 2.48. The lowest BCUT2D eigenvalue weighted by Gasteiger charge is -2.01. The molecule has 0 aliphatic carbocycles. The van der Waals surface area contributed by atoms with Crippen molar-refractivity contribution in [3.05, 3.63) is 0 Å². The Kier molecular flexibility index (Phi) is 24.5. The Morgan fingerprint density at radius 3 is 0.952 bits per heavy atom. The van der Waals surface area contributed by atoms with E-state index < -0.39 is 7.68 Å². The maximum absolute atomic E-state index is 9.80. The third kappa shape index (κ3) is 28.7. The van der Waals surface area contributed by atoms with E-state index in [9.17, 15) is 9.13 Å². The largest absolute Gasteiger partial charge is 0.315 e. The van der Waals surface area contributed by atoms with Gasteiger partial charge >= 0.3 is 7.68 Å². The molecule has 0 fully saturated rings. The molecule has 0 aromatic carbocycles. The first-order chi connectivity index (χ1) is 10.2. The zero-order valence-corrected chi connectivity index (χ0v) is 15.8. The SMILES string of the molecule is CCCCCCCCCCCCCC.CCCCP(=O)=O. The Bertz CT molecular complexity index is 217. The van der Waals surface area contributed by atoms with Crippen LogP contribution in [0.2, 0.25) is 0 Å². The van der Waals surface area contributed by atoms with E-state index in [1.807, 2.05) is 6.92 Å². The molecule has 0 aromatic rings. The minimum absolute atomic E-state index is 0.353. The number of hydrogen-bond acceptors (Lipinski definition) is 2. The molecular weight excluding hydrogens is 279 g/mol. The molecule has 0 heterocycles. The van der Waals surface area contributed by atoms with E-state index in [0.717, 1.165) is 12.8 Å². The van der Waals surface area contributed by atoms with Crippen LogP contribution in [-0.4, -0.2) is 6.16 Å². The van der Waals surface area contributed by atoms with Gasteiger partial charge in [0.25, 0.3) is 0 Å². The Morgan fingerprint density at radius 2 is 0.762 bits per heavy atom. The van der Waals surface area contributed by atoms with E-state index in [2.05, 4.69) is 13.8 Å². The van der Waals surface area contributed by atoms with Crippen LogP contribution in [0.5, 0.6) is 0 Å². The van der Waals surface area contributed by atoms with Crippen molar-refractivity contribution in [3.8, 4) is 0 Å². The zero-order chi connectivity index (χ0) is 16.2. The molecule has 0 atom stereocenters. The van der Waals surface area contributed by atoms with E-state index in [-0.39, 0.29) is 0 Å². The molecule has 0 spiro atoms. The predicted octanol–water partition coefficient (Wildman–Crippen LogP) is 7.67. The number of rotatable bonds is 14. The van der Waals surface area contributed by atoms with E-state index in [1.165, 1.54) is 77.0 Å². The molecule has 0 aliphatic heterocycles. The smallest absolute Gasteiger partial charge is 0.237 e. The molecule has 0 radical (unpaired) electrons. The molecule has 0 saturated carbocycles. The van der Waals surface area contributed by atoms with Gasteiger partial charge in [-0.3, -0.25) is 0 Å². The maximum atomic E-state index is 9.80. The summed E-state index contributed by atoms with van der Waals surface area (Å²) in [5, 5.41) is 0. The molecule has 0 aromatic heterocycles. The molecule has 0 aliphatic rings. The highest BCUT2D eigenvalue weighted by molar-refractivity contribution is 7.30. The Labute approximate surface area is 134 Å². The summed E-state index contributed by atoms with van der Waals surface area (Å²) in [5.41, 5.74) is 0. The van der Waals surface area contributed by atoms with Gasteiger partial charge in [-0.05, 0) is 6.42 Å². The second-order valence-corrected chi connectivity index (χ2v) is 7.06. The molecule has 0 N–H and O–H groups in total. The molecule has 3 heteroatoms. The molecule has 0 saturated heterocycles. The highest BCUT2D eigenvalue weighted by Crippen LogP contribution is 2.11. The van der Waals surface area contributed by atoms with Crippen LogP contribution in [0.15, 0.2) is 0 Å². The van der Waals surface area contributed by atoms with Crippen molar-refractivity contribution in [1.82, 2.24) is 0 Å². The quantitative estimate of drug-likeness (QED) is 0.243. The van der Waals surface area contributed by atoms with Crippen molar-refractivity contribution in [2.24, 2.45) is 0 Å². The van der Waals surface area contributed by atoms with E-state index in [0.29, 0.717) is 6.16 Å². The van der Waals surface area contributed by atoms with E-state index >= 15 is 0 Å². The van der Waals surface area contributed by atoms with Gasteiger partial charge in [-0.15, -0.1) is 0 Å². The standard InChI is InChI=1S/C14H30.C4H9O2P/c1-3-5-7-9-11-13-14-12-10-8-6-4-2;1-2-3-4-7(5)6/h3-14H2,1-2H3;2-4H2,1H3. The lowest BCUT2D eigenvalue weighted by Crippen LogP contribution is -1.81. The monoisotopic (exact) mass is 318 g/mol. The Balaban J connectivity index is 0. The van der Waals surface area contributed by atoms with Gasteiger partial charge in [0.05, 0.1) is 6.16 Å². The number of unbranched alkanes of at least 4 members (excludes halogenated alkanes) is 12. The van der Waals surface area contributed by atoms with Crippen LogP contribution in [0.3, 0.4) is 0 Å². The molecule has 128 valence electrons. The summed E-state index contributed by atoms with van der Waals surface area (Å²) < 4.78 is 19.6. The lowest BCUT2D eigenvalue weighted by molar-refractivity contribution is 0.513. The van der Waals surface area contributed by atoms with Gasteiger partial charge in [0.15, 0.2) is 0 Å². The third-order valence-corrected chi connectivity index (χ3v) is 4.33. The van der Waals surface area contributed by atoms with Crippen LogP contribution in [0.1, 0.15) is 111 Å². The maximum Gasteiger partial charge on any atom is 0.315 e. The minimum atomic E-state index is -2.11. The van der Waals surface area contributed by atoms with Gasteiger partial charge in [0, 0.05) is 0 Å². The predicted molar refractivity (Wildman–Crippen MR) is 94.8 cm³/mol. The first-order valence-electron chi connectivity index (χ1n) is 9.30. The van der Waals surface area contributed by atoms with Crippen molar-refractivity contribution in [1.29, 1.82) is 0 Å². The van der Waals surface area contributed by atoms with Gasteiger partial charge in [-0.1, -0.05) is 104 Å². The summed E-state index contributed by atoms with van der Waals surface area (Å²) in [6.45, 7) is 6.54. The fraction of sp³-hybridized carbons (Fsp3) is 1.00. The molecule has 21 heavy (non-hydrogen) atoms. The third-order valence-electron chi connectivity index (χ3n) is 3.65. The summed E-state index contributed by atoms with van der Waals surface area (Å²) in [6, 6.07) is 0. The zero-order valence-electron chi connectivity index (χ0n) is 14.9. The summed E-state index contributed by atoms with van der Waals surface area (Å²) in [6.07, 6.45) is 19.5. The average molecular weight is 318 g/mol. The molecule has 0 unspecified atom stereocenters. The van der Waals surface area contributed by atoms with Crippen LogP contribution in [-0.2, 0) is 9.13 Å². The summed E-state index contributed by atoms with van der Waals surface area (Å²) in [4.78, 5) is 0. The van der Waals surface area contributed by atoms with Gasteiger partial charge in [-0.2, -0.15) is 0 Å². The summed E-state index contributed by atoms with van der Waals surface area (Å²) in [7, 11) is -2.11. The van der Waals surface area contributed by atoms with Crippen molar-refractivity contribution in [2.45, 2.75) is 111 Å². The van der Waals surface area contributed by atoms with Crippen LogP contribution < -0.4 is 0 Å². The van der Waals surface area contributed by atoms with Gasteiger partial charge in [0.2, 0.25) is 0 Å². The van der Waals surface area contributed by atoms with E-state index in [4.69, 9.17) is 0 Å². The molecule has 0 bridgehead atoms. The van der Waals surface area contributed by atoms with Crippen molar-refractivity contribution in [2.75, 3.05) is 6.16 Å². The van der Waals surface area contributed by atoms with Crippen LogP contribution in [0, 0.1) is 0 Å². The van der Waals surface area contributed by atoms with E-state index in [1.54, 1.807) is 0 Å². The highest BCUT2D eigenvalue weighted by atomic mass is 31.1. The highest BCUT2D eigenvalue weighted by Gasteiger charge is 1.91. The van der Waals surface area contributed by atoms with Crippen molar-refractivity contribution < 1.29 is 9.13 Å². The van der Waals surface area contributed by atoms with Gasteiger partial charge in [0.1, 0.15) is 0 Å². The molecular formula is C18H39O2P. The minimum Gasteiger partial charge on any atom is -0.237 e. The normalized spacial score (nSPS) is 10.0. The topological polar surface area (TPSA) is 34.1 Å².